The fourth-order valence-electron chi connectivity index (χ4n) is 6.00. The Morgan fingerprint density at radius 1 is 0.951 bits per heavy atom. The van der Waals surface area contributed by atoms with E-state index in [1.54, 1.807) is 53.1 Å². The molecule has 1 N–H and O–H groups in total. The molecule has 1 saturated carbocycles. The van der Waals surface area contributed by atoms with Crippen molar-refractivity contribution in [3.05, 3.63) is 75.5 Å². The zero-order valence-electron chi connectivity index (χ0n) is 24.5. The molecule has 2 heterocycles. The van der Waals surface area contributed by atoms with E-state index in [1.165, 1.54) is 22.8 Å². The van der Waals surface area contributed by atoms with Gasteiger partial charge >= 0.3 is 0 Å². The molecule has 8 heteroatoms. The van der Waals surface area contributed by atoms with Crippen LogP contribution in [0.2, 0.25) is 0 Å². The molecule has 1 aliphatic carbocycles. The number of benzene rings is 2. The predicted octanol–water partition coefficient (Wildman–Crippen LogP) is 6.14. The number of nitrogens with zero attached hydrogens (tertiary/aromatic N) is 2. The van der Waals surface area contributed by atoms with E-state index in [1.807, 2.05) is 11.0 Å². The Bertz CT molecular complexity index is 1490. The van der Waals surface area contributed by atoms with Crippen molar-refractivity contribution in [1.29, 1.82) is 0 Å². The Balaban J connectivity index is 1.51. The molecular formula is C33H39FN2O5. The molecule has 3 aromatic rings. The van der Waals surface area contributed by atoms with Gasteiger partial charge in [0.25, 0.3) is 5.56 Å². The lowest BCUT2D eigenvalue weighted by Crippen LogP contribution is -2.40. The SMILES string of the molecule is Cc1cc(F)cc(C)c1Oc1ccc(C(C)(C)O)cc1-c1cn(C)c(=O)cc1OC1CCC(N2CCCC2=O)CC1. The second kappa shape index (κ2) is 11.3. The highest BCUT2D eigenvalue weighted by Gasteiger charge is 2.32. The number of ether oxygens (including phenoxy) is 2. The molecule has 0 atom stereocenters. The summed E-state index contributed by atoms with van der Waals surface area (Å²) in [5.41, 5.74) is 1.96. The highest BCUT2D eigenvalue weighted by Crippen LogP contribution is 2.42. The van der Waals surface area contributed by atoms with E-state index >= 15 is 0 Å². The molecule has 0 unspecified atom stereocenters. The molecule has 5 rings (SSSR count). The third kappa shape index (κ3) is 6.17. The zero-order chi connectivity index (χ0) is 29.5. The molecule has 0 spiro atoms. The highest BCUT2D eigenvalue weighted by molar-refractivity contribution is 5.78. The summed E-state index contributed by atoms with van der Waals surface area (Å²) >= 11 is 0. The van der Waals surface area contributed by atoms with Gasteiger partial charge in [0.15, 0.2) is 0 Å². The van der Waals surface area contributed by atoms with Crippen LogP contribution in [0.3, 0.4) is 0 Å². The number of rotatable bonds is 7. The number of hydrogen-bond donors (Lipinski definition) is 1. The van der Waals surface area contributed by atoms with Crippen LogP contribution in [0.4, 0.5) is 4.39 Å². The summed E-state index contributed by atoms with van der Waals surface area (Å²) in [5, 5.41) is 10.8. The number of carbonyl (C=O) groups excluding carboxylic acids is 1. The average molecular weight is 563 g/mol. The van der Waals surface area contributed by atoms with Gasteiger partial charge in [-0.25, -0.2) is 4.39 Å². The lowest BCUT2D eigenvalue weighted by atomic mass is 9.91. The van der Waals surface area contributed by atoms with Crippen molar-refractivity contribution in [2.24, 2.45) is 7.05 Å². The third-order valence-electron chi connectivity index (χ3n) is 8.29. The van der Waals surface area contributed by atoms with Gasteiger partial charge in [-0.1, -0.05) is 6.07 Å². The summed E-state index contributed by atoms with van der Waals surface area (Å²) in [6.07, 6.45) is 6.49. The minimum absolute atomic E-state index is 0.0989. The van der Waals surface area contributed by atoms with Gasteiger partial charge in [-0.3, -0.25) is 9.59 Å². The fraction of sp³-hybridized carbons (Fsp3) is 0.455. The Kier molecular flexibility index (Phi) is 7.97. The number of pyridine rings is 1. The van der Waals surface area contributed by atoms with Gasteiger partial charge < -0.3 is 24.0 Å². The first-order valence-corrected chi connectivity index (χ1v) is 14.4. The van der Waals surface area contributed by atoms with Crippen molar-refractivity contribution in [2.75, 3.05) is 6.54 Å². The van der Waals surface area contributed by atoms with Crippen LogP contribution in [0, 0.1) is 19.7 Å². The van der Waals surface area contributed by atoms with Crippen LogP contribution in [0.15, 0.2) is 47.4 Å². The minimum Gasteiger partial charge on any atom is -0.490 e. The Morgan fingerprint density at radius 3 is 2.24 bits per heavy atom. The lowest BCUT2D eigenvalue weighted by molar-refractivity contribution is -0.130. The van der Waals surface area contributed by atoms with E-state index < -0.39 is 5.60 Å². The number of aryl methyl sites for hydroxylation is 3. The first-order valence-electron chi connectivity index (χ1n) is 14.4. The average Bonchev–Trinajstić information content (AvgIpc) is 3.34. The summed E-state index contributed by atoms with van der Waals surface area (Å²) in [7, 11) is 1.68. The monoisotopic (exact) mass is 562 g/mol. The third-order valence-corrected chi connectivity index (χ3v) is 8.29. The molecule has 2 fully saturated rings. The fourth-order valence-corrected chi connectivity index (χ4v) is 6.00. The largest absolute Gasteiger partial charge is 0.490 e. The van der Waals surface area contributed by atoms with Crippen molar-refractivity contribution in [3.8, 4) is 28.4 Å². The van der Waals surface area contributed by atoms with Crippen molar-refractivity contribution < 1.29 is 23.8 Å². The Morgan fingerprint density at radius 2 is 1.63 bits per heavy atom. The number of carbonyl (C=O) groups is 1. The second-order valence-electron chi connectivity index (χ2n) is 12.0. The summed E-state index contributed by atoms with van der Waals surface area (Å²) in [5.74, 6) is 1.40. The first-order chi connectivity index (χ1) is 19.4. The maximum absolute atomic E-state index is 14.0. The molecule has 0 bridgehead atoms. The molecule has 2 aromatic carbocycles. The maximum Gasteiger partial charge on any atom is 0.254 e. The number of aromatic nitrogens is 1. The molecule has 7 nitrogen and oxygen atoms in total. The van der Waals surface area contributed by atoms with Crippen LogP contribution in [-0.2, 0) is 17.4 Å². The molecule has 2 aliphatic rings. The van der Waals surface area contributed by atoms with Crippen molar-refractivity contribution >= 4 is 5.91 Å². The van der Waals surface area contributed by atoms with Crippen LogP contribution in [0.1, 0.15) is 69.1 Å². The van der Waals surface area contributed by atoms with Crippen LogP contribution in [-0.4, -0.2) is 39.2 Å². The van der Waals surface area contributed by atoms with Gasteiger partial charge in [-0.05, 0) is 101 Å². The summed E-state index contributed by atoms with van der Waals surface area (Å²) in [6, 6.07) is 10.1. The van der Waals surface area contributed by atoms with Crippen molar-refractivity contribution in [2.45, 2.75) is 84.0 Å². The molecular weight excluding hydrogens is 523 g/mol. The van der Waals surface area contributed by atoms with E-state index in [-0.39, 0.29) is 29.4 Å². The van der Waals surface area contributed by atoms with Gasteiger partial charge in [0.05, 0.1) is 11.7 Å². The molecule has 218 valence electrons. The molecule has 0 radical (unpaired) electrons. The van der Waals surface area contributed by atoms with Crippen LogP contribution in [0.5, 0.6) is 17.2 Å². The summed E-state index contributed by atoms with van der Waals surface area (Å²) < 4.78 is 28.4. The van der Waals surface area contributed by atoms with Crippen LogP contribution in [0.25, 0.3) is 11.1 Å². The Labute approximate surface area is 240 Å². The maximum atomic E-state index is 14.0. The summed E-state index contributed by atoms with van der Waals surface area (Å²) in [6.45, 7) is 7.85. The zero-order valence-corrected chi connectivity index (χ0v) is 24.5. The minimum atomic E-state index is -1.12. The molecule has 1 amide bonds. The standard InChI is InChI=1S/C33H39FN2O5/c1-20-15-23(34)16-21(2)32(20)41-28-13-8-22(33(3,4)39)17-26(28)27-19-35(5)31(38)18-29(27)40-25-11-9-24(10-12-25)36-14-6-7-30(36)37/h8,13,15-19,24-25,39H,6-7,9-12,14H2,1-5H3. The summed E-state index contributed by atoms with van der Waals surface area (Å²) in [4.78, 5) is 27.0. The number of likely N-dealkylation sites (tertiary alicyclic amines) is 1. The molecule has 1 saturated heterocycles. The van der Waals surface area contributed by atoms with E-state index in [0.717, 1.165) is 38.6 Å². The van der Waals surface area contributed by atoms with Gasteiger partial charge in [0, 0.05) is 49.4 Å². The molecule has 41 heavy (non-hydrogen) atoms. The van der Waals surface area contributed by atoms with E-state index in [4.69, 9.17) is 9.47 Å². The predicted molar refractivity (Wildman–Crippen MR) is 156 cm³/mol. The Hall–Kier alpha value is -3.65. The normalized spacial score (nSPS) is 19.5. The van der Waals surface area contributed by atoms with Gasteiger partial charge in [0.2, 0.25) is 5.91 Å². The number of halogens is 1. The first kappa shape index (κ1) is 28.9. The molecule has 1 aliphatic heterocycles. The van der Waals surface area contributed by atoms with E-state index in [0.29, 0.717) is 51.5 Å². The quantitative estimate of drug-likeness (QED) is 0.374. The van der Waals surface area contributed by atoms with Gasteiger partial charge in [-0.15, -0.1) is 0 Å². The second-order valence-corrected chi connectivity index (χ2v) is 12.0. The van der Waals surface area contributed by atoms with Crippen LogP contribution < -0.4 is 15.0 Å². The smallest absolute Gasteiger partial charge is 0.254 e. The van der Waals surface area contributed by atoms with E-state index in [2.05, 4.69) is 0 Å². The topological polar surface area (TPSA) is 81.0 Å². The highest BCUT2D eigenvalue weighted by atomic mass is 19.1. The van der Waals surface area contributed by atoms with Gasteiger partial charge in [-0.2, -0.15) is 0 Å². The van der Waals surface area contributed by atoms with Crippen molar-refractivity contribution in [1.82, 2.24) is 9.47 Å². The van der Waals surface area contributed by atoms with Crippen LogP contribution >= 0.6 is 0 Å². The molecule has 1 aromatic heterocycles. The lowest BCUT2D eigenvalue weighted by Gasteiger charge is -2.35. The number of aliphatic hydroxyl groups is 1. The number of hydrogen-bond acceptors (Lipinski definition) is 5. The van der Waals surface area contributed by atoms with Crippen molar-refractivity contribution in [3.63, 3.8) is 0 Å². The van der Waals surface area contributed by atoms with E-state index in [9.17, 15) is 19.1 Å². The number of amides is 1. The van der Waals surface area contributed by atoms with Gasteiger partial charge in [0.1, 0.15) is 23.1 Å².